The van der Waals surface area contributed by atoms with E-state index < -0.39 is 5.72 Å². The van der Waals surface area contributed by atoms with E-state index in [2.05, 4.69) is 15.0 Å². The fourth-order valence-corrected chi connectivity index (χ4v) is 4.07. The van der Waals surface area contributed by atoms with Crippen molar-refractivity contribution in [2.24, 2.45) is 5.11 Å². The Morgan fingerprint density at radius 1 is 1.07 bits per heavy atom. The van der Waals surface area contributed by atoms with Gasteiger partial charge in [0.05, 0.1) is 12.7 Å². The first-order valence-corrected chi connectivity index (χ1v) is 9.74. The van der Waals surface area contributed by atoms with Crippen LogP contribution in [0.25, 0.3) is 10.4 Å². The molecule has 0 radical (unpaired) electrons. The molecule has 1 aromatic heterocycles. The fourth-order valence-electron chi connectivity index (χ4n) is 4.07. The van der Waals surface area contributed by atoms with Gasteiger partial charge in [-0.15, -0.1) is 0 Å². The van der Waals surface area contributed by atoms with E-state index >= 15 is 0 Å². The van der Waals surface area contributed by atoms with Crippen molar-refractivity contribution in [3.05, 3.63) is 101 Å². The van der Waals surface area contributed by atoms with Crippen molar-refractivity contribution < 1.29 is 9.67 Å². The van der Waals surface area contributed by atoms with Crippen LogP contribution in [0.1, 0.15) is 30.0 Å². The predicted octanol–water partition coefficient (Wildman–Crippen LogP) is 3.71. The number of aliphatic hydroxyl groups is 1. The van der Waals surface area contributed by atoms with Crippen molar-refractivity contribution in [1.82, 2.24) is 4.98 Å². The van der Waals surface area contributed by atoms with Gasteiger partial charge in [0.15, 0.2) is 6.04 Å². The molecule has 29 heavy (non-hydrogen) atoms. The second kappa shape index (κ2) is 8.31. The molecule has 0 bridgehead atoms. The van der Waals surface area contributed by atoms with Crippen molar-refractivity contribution in [3.63, 3.8) is 0 Å². The number of hydrogen-bond acceptors (Lipinski definition) is 4. The lowest BCUT2D eigenvalue weighted by molar-refractivity contribution is -0.703. The standard InChI is InChI=1S/C22H23N6O/c23-26-25-15-7-8-17-28-21-24-14-9-16-27(21)20(18-10-3-1-4-11-18)22(28,29)19-12-5-2-6-13-19/h1-6,9-14,16,20,29H,7-8,15,17H2/q+1. The molecule has 2 heterocycles. The third-order valence-electron chi connectivity index (χ3n) is 5.33. The molecule has 146 valence electrons. The maximum atomic E-state index is 12.2. The van der Waals surface area contributed by atoms with Crippen LogP contribution in [0, 0.1) is 0 Å². The van der Waals surface area contributed by atoms with Gasteiger partial charge in [0, 0.05) is 23.1 Å². The smallest absolute Gasteiger partial charge is 0.352 e. The van der Waals surface area contributed by atoms with Gasteiger partial charge in [0.1, 0.15) is 6.20 Å². The molecule has 1 aliphatic heterocycles. The summed E-state index contributed by atoms with van der Waals surface area (Å²) in [5.74, 6) is 0.719. The molecule has 0 amide bonds. The summed E-state index contributed by atoms with van der Waals surface area (Å²) in [5, 5.41) is 15.9. The van der Waals surface area contributed by atoms with Gasteiger partial charge in [-0.3, -0.25) is 0 Å². The molecule has 0 spiro atoms. The third-order valence-corrected chi connectivity index (χ3v) is 5.33. The SMILES string of the molecule is [N-]=[N+]=NCCCCN1c2nccc[n+]2C(c2ccccc2)C1(O)c1ccccc1. The summed E-state index contributed by atoms with van der Waals surface area (Å²) in [4.78, 5) is 9.38. The molecule has 3 aromatic rings. The molecule has 2 atom stereocenters. The van der Waals surface area contributed by atoms with Crippen LogP contribution in [0.4, 0.5) is 5.95 Å². The molecular weight excluding hydrogens is 364 g/mol. The molecule has 0 saturated carbocycles. The first kappa shape index (κ1) is 18.9. The number of anilines is 1. The Balaban J connectivity index is 1.80. The van der Waals surface area contributed by atoms with Crippen LogP contribution in [0.2, 0.25) is 0 Å². The lowest BCUT2D eigenvalue weighted by Crippen LogP contribution is -2.50. The number of hydrogen-bond donors (Lipinski definition) is 1. The monoisotopic (exact) mass is 387 g/mol. The van der Waals surface area contributed by atoms with E-state index in [-0.39, 0.29) is 6.04 Å². The Hall–Kier alpha value is -3.41. The molecule has 4 rings (SSSR count). The van der Waals surface area contributed by atoms with Gasteiger partial charge in [-0.1, -0.05) is 70.8 Å². The van der Waals surface area contributed by atoms with E-state index in [1.54, 1.807) is 6.20 Å². The zero-order valence-electron chi connectivity index (χ0n) is 16.0. The average molecular weight is 387 g/mol. The van der Waals surface area contributed by atoms with Gasteiger partial charge in [0.2, 0.25) is 0 Å². The van der Waals surface area contributed by atoms with Crippen molar-refractivity contribution in [2.75, 3.05) is 18.0 Å². The molecule has 7 nitrogen and oxygen atoms in total. The van der Waals surface area contributed by atoms with Crippen molar-refractivity contribution in [3.8, 4) is 0 Å². The number of aromatic nitrogens is 2. The predicted molar refractivity (Wildman–Crippen MR) is 110 cm³/mol. The number of nitrogens with zero attached hydrogens (tertiary/aromatic N) is 6. The first-order valence-electron chi connectivity index (χ1n) is 9.74. The molecule has 1 aliphatic rings. The summed E-state index contributed by atoms with van der Waals surface area (Å²) < 4.78 is 2.04. The van der Waals surface area contributed by atoms with Gasteiger partial charge < -0.3 is 5.11 Å². The minimum Gasteiger partial charge on any atom is -0.352 e. The Kier molecular flexibility index (Phi) is 5.42. The normalized spacial score (nSPS) is 20.2. The number of unbranched alkanes of at least 4 members (excludes halogenated alkanes) is 1. The highest BCUT2D eigenvalue weighted by atomic mass is 16.3. The van der Waals surface area contributed by atoms with E-state index in [0.717, 1.165) is 29.9 Å². The molecule has 0 aliphatic carbocycles. The van der Waals surface area contributed by atoms with Crippen molar-refractivity contribution in [1.29, 1.82) is 0 Å². The van der Waals surface area contributed by atoms with Crippen LogP contribution < -0.4 is 9.47 Å². The Labute approximate surface area is 169 Å². The third kappa shape index (κ3) is 3.42. The van der Waals surface area contributed by atoms with Crippen LogP contribution >= 0.6 is 0 Å². The highest BCUT2D eigenvalue weighted by Crippen LogP contribution is 2.44. The summed E-state index contributed by atoms with van der Waals surface area (Å²) in [6.45, 7) is 1.03. The van der Waals surface area contributed by atoms with Crippen LogP contribution in [0.15, 0.2) is 84.2 Å². The second-order valence-electron chi connectivity index (χ2n) is 7.05. The van der Waals surface area contributed by atoms with E-state index in [0.29, 0.717) is 13.1 Å². The summed E-state index contributed by atoms with van der Waals surface area (Å²) in [7, 11) is 0. The Bertz CT molecular complexity index is 1010. The summed E-state index contributed by atoms with van der Waals surface area (Å²) in [6.07, 6.45) is 5.23. The molecule has 2 aromatic carbocycles. The largest absolute Gasteiger partial charge is 0.397 e. The minimum absolute atomic E-state index is 0.341. The van der Waals surface area contributed by atoms with Crippen LogP contribution in [0.5, 0.6) is 0 Å². The van der Waals surface area contributed by atoms with Gasteiger partial charge in [-0.25, -0.2) is 9.47 Å². The number of rotatable bonds is 7. The molecule has 0 saturated heterocycles. The topological polar surface area (TPSA) is 89.0 Å². The van der Waals surface area contributed by atoms with Crippen LogP contribution in [-0.2, 0) is 5.72 Å². The van der Waals surface area contributed by atoms with Gasteiger partial charge in [-0.2, -0.15) is 0 Å². The fraction of sp³-hybridized carbons (Fsp3) is 0.273. The zero-order chi connectivity index (χ0) is 20.1. The molecule has 2 unspecified atom stereocenters. The summed E-state index contributed by atoms with van der Waals surface area (Å²) in [6, 6.07) is 21.3. The van der Waals surface area contributed by atoms with Crippen LogP contribution in [-0.4, -0.2) is 23.2 Å². The van der Waals surface area contributed by atoms with E-state index in [1.807, 2.05) is 82.4 Å². The zero-order valence-corrected chi connectivity index (χ0v) is 16.0. The maximum Gasteiger partial charge on any atom is 0.397 e. The van der Waals surface area contributed by atoms with Gasteiger partial charge in [-0.05, 0) is 23.9 Å². The summed E-state index contributed by atoms with van der Waals surface area (Å²) >= 11 is 0. The average Bonchev–Trinajstić information content (AvgIpc) is 3.04. The van der Waals surface area contributed by atoms with Crippen molar-refractivity contribution >= 4 is 5.95 Å². The highest BCUT2D eigenvalue weighted by Gasteiger charge is 2.59. The molecule has 7 heteroatoms. The van der Waals surface area contributed by atoms with Gasteiger partial charge in [0.25, 0.3) is 5.72 Å². The maximum absolute atomic E-state index is 12.2. The second-order valence-corrected chi connectivity index (χ2v) is 7.05. The van der Waals surface area contributed by atoms with E-state index in [1.165, 1.54) is 0 Å². The molecule has 0 fully saturated rings. The number of benzene rings is 2. The van der Waals surface area contributed by atoms with Gasteiger partial charge >= 0.3 is 5.95 Å². The summed E-state index contributed by atoms with van der Waals surface area (Å²) in [5.41, 5.74) is 9.03. The Morgan fingerprint density at radius 3 is 2.52 bits per heavy atom. The lowest BCUT2D eigenvalue weighted by Gasteiger charge is -2.33. The molecule has 1 N–H and O–H groups in total. The number of fused-ring (bicyclic) bond motifs is 1. The number of azide groups is 1. The van der Waals surface area contributed by atoms with E-state index in [9.17, 15) is 5.11 Å². The first-order chi connectivity index (χ1) is 14.3. The quantitative estimate of drug-likeness (QED) is 0.220. The molecular formula is C22H23N6O+. The minimum atomic E-state index is -1.29. The van der Waals surface area contributed by atoms with E-state index in [4.69, 9.17) is 5.53 Å². The highest BCUT2D eigenvalue weighted by molar-refractivity contribution is 5.43. The van der Waals surface area contributed by atoms with Crippen molar-refractivity contribution in [2.45, 2.75) is 24.6 Å². The Morgan fingerprint density at radius 2 is 1.79 bits per heavy atom. The van der Waals surface area contributed by atoms with Crippen LogP contribution in [0.3, 0.4) is 0 Å². The lowest BCUT2D eigenvalue weighted by atomic mass is 9.89.